The van der Waals surface area contributed by atoms with Crippen molar-refractivity contribution in [2.75, 3.05) is 25.0 Å². The second-order valence-corrected chi connectivity index (χ2v) is 4.54. The molecule has 3 heterocycles. The minimum atomic E-state index is 0.110. The molecule has 19 heavy (non-hydrogen) atoms. The lowest BCUT2D eigenvalue weighted by atomic mass is 10.1. The molecule has 0 atom stereocenters. The van der Waals surface area contributed by atoms with E-state index in [1.165, 1.54) is 11.1 Å². The zero-order chi connectivity index (χ0) is 13.1. The van der Waals surface area contributed by atoms with E-state index in [1.807, 2.05) is 4.90 Å². The highest BCUT2D eigenvalue weighted by Gasteiger charge is 2.16. The summed E-state index contributed by atoms with van der Waals surface area (Å²) < 4.78 is 1.33. The van der Waals surface area contributed by atoms with Gasteiger partial charge in [0.05, 0.1) is 6.54 Å². The third-order valence-corrected chi connectivity index (χ3v) is 3.20. The maximum atomic E-state index is 12.0. The van der Waals surface area contributed by atoms with Crippen LogP contribution in [-0.2, 0) is 4.79 Å². The number of aromatic nitrogens is 5. The third kappa shape index (κ3) is 2.61. The summed E-state index contributed by atoms with van der Waals surface area (Å²) in [5.41, 5.74) is 0.577. The van der Waals surface area contributed by atoms with Crippen LogP contribution in [0.1, 0.15) is 19.3 Å². The number of nitrogens with one attached hydrogen (secondary N) is 1. The Hall–Kier alpha value is -2.25. The molecule has 8 nitrogen and oxygen atoms in total. The molecule has 2 aromatic heterocycles. The summed E-state index contributed by atoms with van der Waals surface area (Å²) in [4.78, 5) is 13.9. The fourth-order valence-corrected chi connectivity index (χ4v) is 2.17. The van der Waals surface area contributed by atoms with Gasteiger partial charge in [0.1, 0.15) is 5.82 Å². The van der Waals surface area contributed by atoms with Gasteiger partial charge >= 0.3 is 0 Å². The monoisotopic (exact) mass is 261 g/mol. The van der Waals surface area contributed by atoms with E-state index in [9.17, 15) is 4.79 Å². The first-order valence-corrected chi connectivity index (χ1v) is 6.40. The van der Waals surface area contributed by atoms with Crippen LogP contribution in [0.25, 0.3) is 5.65 Å². The summed E-state index contributed by atoms with van der Waals surface area (Å²) in [6.45, 7) is 1.97. The van der Waals surface area contributed by atoms with Crippen molar-refractivity contribution < 1.29 is 4.79 Å². The Morgan fingerprint density at radius 3 is 2.95 bits per heavy atom. The van der Waals surface area contributed by atoms with Crippen molar-refractivity contribution in [2.24, 2.45) is 0 Å². The second-order valence-electron chi connectivity index (χ2n) is 4.54. The van der Waals surface area contributed by atoms with Gasteiger partial charge in [0, 0.05) is 13.1 Å². The van der Waals surface area contributed by atoms with Gasteiger partial charge in [-0.05, 0) is 41.8 Å². The van der Waals surface area contributed by atoms with Crippen LogP contribution >= 0.6 is 0 Å². The van der Waals surface area contributed by atoms with Crippen LogP contribution in [0.15, 0.2) is 12.1 Å². The summed E-state index contributed by atoms with van der Waals surface area (Å²) >= 11 is 0. The molecule has 1 saturated heterocycles. The number of nitrogens with zero attached hydrogens (tertiary/aromatic N) is 6. The second kappa shape index (κ2) is 5.17. The van der Waals surface area contributed by atoms with Crippen molar-refractivity contribution in [3.8, 4) is 0 Å². The molecule has 1 aliphatic rings. The van der Waals surface area contributed by atoms with Crippen LogP contribution in [0.4, 0.5) is 5.82 Å². The van der Waals surface area contributed by atoms with E-state index < -0.39 is 0 Å². The molecule has 1 amide bonds. The number of hydrogen-bond donors (Lipinski definition) is 1. The van der Waals surface area contributed by atoms with Gasteiger partial charge in [-0.1, -0.05) is 0 Å². The summed E-state index contributed by atoms with van der Waals surface area (Å²) in [7, 11) is 0. The first kappa shape index (κ1) is 11.8. The van der Waals surface area contributed by atoms with Gasteiger partial charge in [-0.25, -0.2) is 0 Å². The van der Waals surface area contributed by atoms with Crippen molar-refractivity contribution in [1.29, 1.82) is 0 Å². The number of likely N-dealkylation sites (tertiary alicyclic amines) is 1. The van der Waals surface area contributed by atoms with Gasteiger partial charge in [-0.2, -0.15) is 0 Å². The lowest BCUT2D eigenvalue weighted by Crippen LogP contribution is -2.39. The predicted molar refractivity (Wildman–Crippen MR) is 67.5 cm³/mol. The number of tetrazole rings is 1. The van der Waals surface area contributed by atoms with Gasteiger partial charge in [0.2, 0.25) is 5.91 Å². The maximum Gasteiger partial charge on any atom is 0.241 e. The highest BCUT2D eigenvalue weighted by molar-refractivity contribution is 5.80. The standard InChI is InChI=1S/C11H15N7O/c19-11(17-6-2-1-3-7-17)8-12-9-4-5-10-13-15-16-18(10)14-9/h4-5H,1-3,6-8H2,(H,12,14). The molecule has 0 spiro atoms. The number of piperidine rings is 1. The van der Waals surface area contributed by atoms with Gasteiger partial charge < -0.3 is 10.2 Å². The molecule has 3 rings (SSSR count). The molecule has 1 aliphatic heterocycles. The molecule has 1 fully saturated rings. The summed E-state index contributed by atoms with van der Waals surface area (Å²) in [5, 5.41) is 18.1. The summed E-state index contributed by atoms with van der Waals surface area (Å²) in [6, 6.07) is 3.51. The minimum absolute atomic E-state index is 0.110. The molecule has 8 heteroatoms. The Morgan fingerprint density at radius 2 is 2.11 bits per heavy atom. The van der Waals surface area contributed by atoms with Gasteiger partial charge in [-0.15, -0.1) is 14.8 Å². The molecule has 1 N–H and O–H groups in total. The Labute approximate surface area is 109 Å². The van der Waals surface area contributed by atoms with E-state index in [0.29, 0.717) is 11.5 Å². The van der Waals surface area contributed by atoms with Crippen molar-refractivity contribution in [3.05, 3.63) is 12.1 Å². The number of hydrogen-bond acceptors (Lipinski definition) is 6. The predicted octanol–water partition coefficient (Wildman–Crippen LogP) is -0.0563. The first-order valence-electron chi connectivity index (χ1n) is 6.40. The van der Waals surface area contributed by atoms with E-state index in [1.54, 1.807) is 12.1 Å². The summed E-state index contributed by atoms with van der Waals surface area (Å²) in [5.74, 6) is 0.698. The molecule has 0 saturated carbocycles. The SMILES string of the molecule is O=C(CNc1ccc2nnnn2n1)N1CCCCC1. The van der Waals surface area contributed by atoms with Gasteiger partial charge in [0.25, 0.3) is 0 Å². The van der Waals surface area contributed by atoms with Crippen LogP contribution in [0.3, 0.4) is 0 Å². The molecule has 0 aliphatic carbocycles. The van der Waals surface area contributed by atoms with E-state index in [2.05, 4.69) is 25.9 Å². The van der Waals surface area contributed by atoms with Crippen LogP contribution in [0.5, 0.6) is 0 Å². The summed E-state index contributed by atoms with van der Waals surface area (Å²) in [6.07, 6.45) is 3.41. The van der Waals surface area contributed by atoms with Crippen molar-refractivity contribution in [2.45, 2.75) is 19.3 Å². The molecule has 2 aromatic rings. The largest absolute Gasteiger partial charge is 0.360 e. The van der Waals surface area contributed by atoms with Crippen LogP contribution in [-0.4, -0.2) is 55.7 Å². The molecular formula is C11H15N7O. The lowest BCUT2D eigenvalue weighted by molar-refractivity contribution is -0.130. The minimum Gasteiger partial charge on any atom is -0.360 e. The normalized spacial score (nSPS) is 15.7. The molecule has 100 valence electrons. The molecular weight excluding hydrogens is 246 g/mol. The quantitative estimate of drug-likeness (QED) is 0.833. The van der Waals surface area contributed by atoms with Crippen LogP contribution in [0, 0.1) is 0 Å². The number of fused-ring (bicyclic) bond motifs is 1. The van der Waals surface area contributed by atoms with E-state index in [0.717, 1.165) is 25.9 Å². The zero-order valence-corrected chi connectivity index (χ0v) is 10.5. The number of rotatable bonds is 3. The Kier molecular flexibility index (Phi) is 3.21. The Balaban J connectivity index is 1.60. The van der Waals surface area contributed by atoms with Crippen LogP contribution < -0.4 is 5.32 Å². The highest BCUT2D eigenvalue weighted by atomic mass is 16.2. The number of carbonyl (C=O) groups is 1. The topological polar surface area (TPSA) is 88.3 Å². The average molecular weight is 261 g/mol. The average Bonchev–Trinajstić information content (AvgIpc) is 2.93. The molecule has 0 bridgehead atoms. The van der Waals surface area contributed by atoms with Crippen molar-refractivity contribution in [3.63, 3.8) is 0 Å². The Bertz CT molecular complexity index is 575. The van der Waals surface area contributed by atoms with E-state index >= 15 is 0 Å². The number of amides is 1. The maximum absolute atomic E-state index is 12.0. The smallest absolute Gasteiger partial charge is 0.241 e. The van der Waals surface area contributed by atoms with E-state index in [-0.39, 0.29) is 12.5 Å². The van der Waals surface area contributed by atoms with Crippen molar-refractivity contribution in [1.82, 2.24) is 30.2 Å². The highest BCUT2D eigenvalue weighted by Crippen LogP contribution is 2.09. The fourth-order valence-electron chi connectivity index (χ4n) is 2.17. The van der Waals surface area contributed by atoms with E-state index in [4.69, 9.17) is 0 Å². The third-order valence-electron chi connectivity index (χ3n) is 3.20. The van der Waals surface area contributed by atoms with Gasteiger partial charge in [0.15, 0.2) is 5.65 Å². The first-order chi connectivity index (χ1) is 9.33. The number of anilines is 1. The lowest BCUT2D eigenvalue weighted by Gasteiger charge is -2.26. The fraction of sp³-hybridized carbons (Fsp3) is 0.545. The molecule has 0 aromatic carbocycles. The Morgan fingerprint density at radius 1 is 1.26 bits per heavy atom. The molecule has 0 unspecified atom stereocenters. The number of carbonyl (C=O) groups excluding carboxylic acids is 1. The van der Waals surface area contributed by atoms with Crippen molar-refractivity contribution >= 4 is 17.4 Å². The van der Waals surface area contributed by atoms with Gasteiger partial charge in [-0.3, -0.25) is 4.79 Å². The zero-order valence-electron chi connectivity index (χ0n) is 10.5. The van der Waals surface area contributed by atoms with Crippen LogP contribution in [0.2, 0.25) is 0 Å². The molecule has 0 radical (unpaired) electrons.